The van der Waals surface area contributed by atoms with E-state index in [1.54, 1.807) is 0 Å². The largest absolute Gasteiger partial charge is 0.491 e. The molecule has 2 aromatic rings. The molecular formula is C17H19NO2. The van der Waals surface area contributed by atoms with Crippen LogP contribution >= 0.6 is 0 Å². The molecule has 3 heteroatoms. The van der Waals surface area contributed by atoms with Crippen LogP contribution in [0.5, 0.6) is 5.75 Å². The van der Waals surface area contributed by atoms with E-state index in [0.29, 0.717) is 13.2 Å². The molecule has 1 atom stereocenters. The third kappa shape index (κ3) is 2.84. The molecule has 1 aliphatic rings. The topological polar surface area (TPSA) is 44.5 Å². The average Bonchev–Trinajstić information content (AvgIpc) is 2.53. The Morgan fingerprint density at radius 2 is 1.90 bits per heavy atom. The van der Waals surface area contributed by atoms with Crippen LogP contribution in [0.3, 0.4) is 0 Å². The van der Waals surface area contributed by atoms with Gasteiger partial charge in [-0.25, -0.2) is 0 Å². The molecule has 3 rings (SSSR count). The molecule has 0 fully saturated rings. The molecule has 20 heavy (non-hydrogen) atoms. The van der Waals surface area contributed by atoms with Gasteiger partial charge in [-0.05, 0) is 35.2 Å². The highest BCUT2D eigenvalue weighted by molar-refractivity contribution is 5.31. The molecule has 0 bridgehead atoms. The van der Waals surface area contributed by atoms with Crippen molar-refractivity contribution >= 4 is 0 Å². The first-order valence-corrected chi connectivity index (χ1v) is 6.98. The highest BCUT2D eigenvalue weighted by Gasteiger charge is 2.20. The van der Waals surface area contributed by atoms with Gasteiger partial charge in [0.1, 0.15) is 18.5 Å². The van der Waals surface area contributed by atoms with Gasteiger partial charge >= 0.3 is 0 Å². The van der Waals surface area contributed by atoms with Crippen LogP contribution in [-0.2, 0) is 17.7 Å². The van der Waals surface area contributed by atoms with Crippen molar-refractivity contribution in [3.8, 4) is 5.75 Å². The van der Waals surface area contributed by atoms with Gasteiger partial charge in [0, 0.05) is 6.54 Å². The number of benzene rings is 2. The summed E-state index contributed by atoms with van der Waals surface area (Å²) in [5, 5.41) is 0. The van der Waals surface area contributed by atoms with E-state index in [1.807, 2.05) is 24.3 Å². The molecule has 0 radical (unpaired) electrons. The Kier molecular flexibility index (Phi) is 4.00. The third-order valence-corrected chi connectivity index (χ3v) is 3.65. The Hall–Kier alpha value is -1.84. The maximum Gasteiger partial charge on any atom is 0.119 e. The summed E-state index contributed by atoms with van der Waals surface area (Å²) in [5.41, 5.74) is 9.31. The van der Waals surface area contributed by atoms with E-state index < -0.39 is 0 Å². The van der Waals surface area contributed by atoms with Crippen molar-refractivity contribution in [2.24, 2.45) is 5.73 Å². The zero-order chi connectivity index (χ0) is 13.8. The van der Waals surface area contributed by atoms with Crippen molar-refractivity contribution in [1.29, 1.82) is 0 Å². The van der Waals surface area contributed by atoms with Crippen LogP contribution in [0, 0.1) is 0 Å². The van der Waals surface area contributed by atoms with Crippen molar-refractivity contribution in [1.82, 2.24) is 0 Å². The molecule has 1 aliphatic heterocycles. The van der Waals surface area contributed by atoms with Crippen LogP contribution in [0.15, 0.2) is 48.5 Å². The molecule has 2 aromatic carbocycles. The number of nitrogens with two attached hydrogens (primary N) is 1. The Labute approximate surface area is 119 Å². The van der Waals surface area contributed by atoms with Crippen molar-refractivity contribution in [3.05, 3.63) is 65.2 Å². The maximum atomic E-state index is 5.84. The maximum absolute atomic E-state index is 5.84. The fraction of sp³-hybridized carbons (Fsp3) is 0.294. The monoisotopic (exact) mass is 269 g/mol. The lowest BCUT2D eigenvalue weighted by Crippen LogP contribution is -2.21. The lowest BCUT2D eigenvalue weighted by molar-refractivity contribution is 0.0102. The molecule has 1 heterocycles. The number of ether oxygens (including phenoxy) is 2. The molecule has 2 N–H and O–H groups in total. The Balaban J connectivity index is 1.66. The van der Waals surface area contributed by atoms with Crippen LogP contribution in [-0.4, -0.2) is 13.2 Å². The summed E-state index contributed by atoms with van der Waals surface area (Å²) in [6.45, 7) is 1.86. The van der Waals surface area contributed by atoms with Crippen LogP contribution in [0.1, 0.15) is 22.8 Å². The van der Waals surface area contributed by atoms with E-state index in [-0.39, 0.29) is 6.10 Å². The molecule has 3 nitrogen and oxygen atoms in total. The lowest BCUT2D eigenvalue weighted by Gasteiger charge is -2.26. The molecule has 104 valence electrons. The zero-order valence-electron chi connectivity index (χ0n) is 11.4. The highest BCUT2D eigenvalue weighted by Crippen LogP contribution is 2.27. The minimum atomic E-state index is 0.0223. The Morgan fingerprint density at radius 3 is 2.70 bits per heavy atom. The molecule has 0 saturated carbocycles. The van der Waals surface area contributed by atoms with Crippen LogP contribution < -0.4 is 10.5 Å². The van der Waals surface area contributed by atoms with Crippen molar-refractivity contribution in [2.45, 2.75) is 19.1 Å². The molecule has 0 saturated heterocycles. The molecular weight excluding hydrogens is 250 g/mol. The summed E-state index contributed by atoms with van der Waals surface area (Å²) in [7, 11) is 0. The van der Waals surface area contributed by atoms with E-state index in [0.717, 1.165) is 24.3 Å². The Morgan fingerprint density at radius 1 is 1.10 bits per heavy atom. The van der Waals surface area contributed by atoms with E-state index in [9.17, 15) is 0 Å². The average molecular weight is 269 g/mol. The van der Waals surface area contributed by atoms with Crippen LogP contribution in [0.2, 0.25) is 0 Å². The summed E-state index contributed by atoms with van der Waals surface area (Å²) in [6.07, 6.45) is 1.01. The van der Waals surface area contributed by atoms with Crippen molar-refractivity contribution in [2.75, 3.05) is 13.2 Å². The van der Waals surface area contributed by atoms with Gasteiger partial charge in [0.15, 0.2) is 0 Å². The van der Waals surface area contributed by atoms with Crippen LogP contribution in [0.25, 0.3) is 0 Å². The van der Waals surface area contributed by atoms with E-state index >= 15 is 0 Å². The van der Waals surface area contributed by atoms with Gasteiger partial charge in [-0.1, -0.05) is 36.4 Å². The molecule has 1 unspecified atom stereocenters. The number of hydrogen-bond acceptors (Lipinski definition) is 3. The minimum Gasteiger partial charge on any atom is -0.491 e. The first-order valence-electron chi connectivity index (χ1n) is 6.98. The fourth-order valence-corrected chi connectivity index (χ4v) is 2.51. The Bertz CT molecular complexity index is 565. The number of fused-ring (bicyclic) bond motifs is 1. The van der Waals surface area contributed by atoms with E-state index in [2.05, 4.69) is 24.3 Å². The molecule has 0 spiro atoms. The number of hydrogen-bond donors (Lipinski definition) is 1. The van der Waals surface area contributed by atoms with Gasteiger partial charge in [-0.2, -0.15) is 0 Å². The second-order valence-electron chi connectivity index (χ2n) is 4.97. The predicted molar refractivity (Wildman–Crippen MR) is 78.7 cm³/mol. The molecule has 0 aliphatic carbocycles. The SMILES string of the molecule is NCc1ccc(OCC2OCCc3ccccc32)cc1. The zero-order valence-corrected chi connectivity index (χ0v) is 11.4. The predicted octanol–water partition coefficient (Wildman–Crippen LogP) is 2.84. The minimum absolute atomic E-state index is 0.0223. The van der Waals surface area contributed by atoms with Gasteiger partial charge < -0.3 is 15.2 Å². The smallest absolute Gasteiger partial charge is 0.119 e. The third-order valence-electron chi connectivity index (χ3n) is 3.65. The standard InChI is InChI=1S/C17H19NO2/c18-11-13-5-7-15(8-6-13)20-12-17-16-4-2-1-3-14(16)9-10-19-17/h1-8,17H,9-12,18H2. The summed E-state index contributed by atoms with van der Waals surface area (Å²) >= 11 is 0. The van der Waals surface area contributed by atoms with E-state index in [1.165, 1.54) is 11.1 Å². The summed E-state index contributed by atoms with van der Waals surface area (Å²) in [6, 6.07) is 16.3. The summed E-state index contributed by atoms with van der Waals surface area (Å²) < 4.78 is 11.7. The second-order valence-corrected chi connectivity index (χ2v) is 4.97. The fourth-order valence-electron chi connectivity index (χ4n) is 2.51. The summed E-state index contributed by atoms with van der Waals surface area (Å²) in [4.78, 5) is 0. The highest BCUT2D eigenvalue weighted by atomic mass is 16.5. The first-order chi connectivity index (χ1) is 9.86. The summed E-state index contributed by atoms with van der Waals surface area (Å²) in [5.74, 6) is 0.855. The number of rotatable bonds is 4. The van der Waals surface area contributed by atoms with Gasteiger partial charge in [-0.15, -0.1) is 0 Å². The van der Waals surface area contributed by atoms with Gasteiger partial charge in [0.25, 0.3) is 0 Å². The quantitative estimate of drug-likeness (QED) is 0.928. The molecule has 0 aromatic heterocycles. The van der Waals surface area contributed by atoms with Gasteiger partial charge in [0.05, 0.1) is 6.61 Å². The first kappa shape index (κ1) is 13.2. The normalized spacial score (nSPS) is 17.6. The van der Waals surface area contributed by atoms with Crippen molar-refractivity contribution in [3.63, 3.8) is 0 Å². The second kappa shape index (κ2) is 6.07. The van der Waals surface area contributed by atoms with Crippen molar-refractivity contribution < 1.29 is 9.47 Å². The van der Waals surface area contributed by atoms with E-state index in [4.69, 9.17) is 15.2 Å². The molecule has 0 amide bonds. The van der Waals surface area contributed by atoms with Gasteiger partial charge in [-0.3, -0.25) is 0 Å². The van der Waals surface area contributed by atoms with Crippen LogP contribution in [0.4, 0.5) is 0 Å². The lowest BCUT2D eigenvalue weighted by atomic mass is 9.98. The van der Waals surface area contributed by atoms with Gasteiger partial charge in [0.2, 0.25) is 0 Å².